The van der Waals surface area contributed by atoms with Crippen LogP contribution in [0, 0.1) is 14.3 Å². The molecule has 0 fully saturated rings. The molecular weight excluding hydrogens is 401 g/mol. The summed E-state index contributed by atoms with van der Waals surface area (Å²) in [7, 11) is 0. The summed E-state index contributed by atoms with van der Waals surface area (Å²) < 4.78 is 15.7. The predicted octanol–water partition coefficient (Wildman–Crippen LogP) is 1.73. The summed E-state index contributed by atoms with van der Waals surface area (Å²) in [6.45, 7) is 1.40. The van der Waals surface area contributed by atoms with E-state index >= 15 is 0 Å². The zero-order valence-corrected chi connectivity index (χ0v) is 11.3. The molecule has 1 aromatic rings. The van der Waals surface area contributed by atoms with Gasteiger partial charge in [0.1, 0.15) is 26.0 Å². The third-order valence-corrected chi connectivity index (χ3v) is 4.51. The Bertz CT molecular complexity index is 303. The number of rotatable bonds is 3. The topological polar surface area (TPSA) is 38.0 Å². The first kappa shape index (κ1) is 11.6. The third kappa shape index (κ3) is 2.75. The quantitative estimate of drug-likeness (QED) is 0.772. The average molecular weight is 410 g/mol. The average Bonchev–Trinajstić information content (AvgIpc) is 2.32. The van der Waals surface area contributed by atoms with Crippen molar-refractivity contribution in [2.24, 2.45) is 0 Å². The van der Waals surface area contributed by atoms with Gasteiger partial charge in [-0.25, -0.2) is 9.37 Å². The second-order valence-corrected chi connectivity index (χ2v) is 4.70. The standard InChI is InChI=1S/C7H9FI2N2O/c1-4-11-6(9)7(10)12(4)3-5(13)2-8/h5,13H,2-3H2,1H3. The van der Waals surface area contributed by atoms with E-state index in [9.17, 15) is 4.39 Å². The van der Waals surface area contributed by atoms with Gasteiger partial charge in [0.25, 0.3) is 0 Å². The van der Waals surface area contributed by atoms with Gasteiger partial charge in [-0.15, -0.1) is 0 Å². The maximum Gasteiger partial charge on any atom is 0.133 e. The lowest BCUT2D eigenvalue weighted by Crippen LogP contribution is -2.19. The van der Waals surface area contributed by atoms with Gasteiger partial charge in [0.2, 0.25) is 0 Å². The van der Waals surface area contributed by atoms with Gasteiger partial charge < -0.3 is 9.67 Å². The number of aryl methyl sites for hydroxylation is 1. The largest absolute Gasteiger partial charge is 0.389 e. The van der Waals surface area contributed by atoms with Crippen molar-refractivity contribution < 1.29 is 9.50 Å². The molecule has 74 valence electrons. The van der Waals surface area contributed by atoms with E-state index in [0.29, 0.717) is 0 Å². The zero-order chi connectivity index (χ0) is 10.0. The molecule has 13 heavy (non-hydrogen) atoms. The molecule has 0 spiro atoms. The first-order valence-electron chi connectivity index (χ1n) is 3.68. The smallest absolute Gasteiger partial charge is 0.133 e. The van der Waals surface area contributed by atoms with Gasteiger partial charge in [-0.1, -0.05) is 0 Å². The summed E-state index contributed by atoms with van der Waals surface area (Å²) in [6, 6.07) is 0. The van der Waals surface area contributed by atoms with Gasteiger partial charge in [-0.05, 0) is 52.1 Å². The second-order valence-electron chi connectivity index (χ2n) is 2.66. The molecule has 0 amide bonds. The normalized spacial score (nSPS) is 13.3. The summed E-state index contributed by atoms with van der Waals surface area (Å²) in [4.78, 5) is 4.21. The lowest BCUT2D eigenvalue weighted by Gasteiger charge is -2.09. The summed E-state index contributed by atoms with van der Waals surface area (Å²) in [5, 5.41) is 9.14. The van der Waals surface area contributed by atoms with Gasteiger partial charge in [0, 0.05) is 0 Å². The number of hydrogen-bond donors (Lipinski definition) is 1. The lowest BCUT2D eigenvalue weighted by molar-refractivity contribution is 0.120. The molecule has 0 aliphatic carbocycles. The predicted molar refractivity (Wildman–Crippen MR) is 64.4 cm³/mol. The van der Waals surface area contributed by atoms with E-state index in [-0.39, 0.29) is 6.54 Å². The Morgan fingerprint density at radius 1 is 1.62 bits per heavy atom. The van der Waals surface area contributed by atoms with Crippen molar-refractivity contribution in [1.82, 2.24) is 9.55 Å². The molecule has 0 aromatic carbocycles. The van der Waals surface area contributed by atoms with Crippen LogP contribution in [0.15, 0.2) is 0 Å². The van der Waals surface area contributed by atoms with Gasteiger partial charge >= 0.3 is 0 Å². The van der Waals surface area contributed by atoms with Crippen LogP contribution in [0.25, 0.3) is 0 Å². The Labute approximate surface area is 103 Å². The first-order valence-corrected chi connectivity index (χ1v) is 5.84. The van der Waals surface area contributed by atoms with Crippen LogP contribution in [0.1, 0.15) is 5.82 Å². The Morgan fingerprint density at radius 2 is 2.23 bits per heavy atom. The zero-order valence-electron chi connectivity index (χ0n) is 6.97. The highest BCUT2D eigenvalue weighted by Crippen LogP contribution is 2.16. The van der Waals surface area contributed by atoms with E-state index in [4.69, 9.17) is 5.11 Å². The highest BCUT2D eigenvalue weighted by Gasteiger charge is 2.13. The fourth-order valence-corrected chi connectivity index (χ4v) is 2.28. The van der Waals surface area contributed by atoms with E-state index in [2.05, 4.69) is 50.2 Å². The van der Waals surface area contributed by atoms with E-state index in [1.165, 1.54) is 0 Å². The third-order valence-electron chi connectivity index (χ3n) is 1.63. The monoisotopic (exact) mass is 410 g/mol. The number of aliphatic hydroxyl groups excluding tert-OH is 1. The maximum absolute atomic E-state index is 12.1. The van der Waals surface area contributed by atoms with Gasteiger partial charge in [-0.2, -0.15) is 0 Å². The molecule has 0 saturated carbocycles. The molecular formula is C7H9FI2N2O. The summed E-state index contributed by atoms with van der Waals surface area (Å²) in [5.41, 5.74) is 0. The molecule has 0 saturated heterocycles. The second kappa shape index (κ2) is 4.87. The van der Waals surface area contributed by atoms with Crippen LogP contribution in [0.3, 0.4) is 0 Å². The fourth-order valence-electron chi connectivity index (χ4n) is 0.974. The number of halogens is 3. The lowest BCUT2D eigenvalue weighted by atomic mass is 10.4. The number of alkyl halides is 1. The van der Waals surface area contributed by atoms with Crippen molar-refractivity contribution in [3.05, 3.63) is 13.2 Å². The van der Waals surface area contributed by atoms with Crippen molar-refractivity contribution >= 4 is 45.2 Å². The Kier molecular flexibility index (Phi) is 4.36. The highest BCUT2D eigenvalue weighted by molar-refractivity contribution is 14.1. The molecule has 1 heterocycles. The summed E-state index contributed by atoms with van der Waals surface area (Å²) in [5.74, 6) is 0.807. The Hall–Kier alpha value is 0.560. The Balaban J connectivity index is 2.87. The minimum atomic E-state index is -0.933. The molecule has 1 N–H and O–H groups in total. The molecule has 0 aliphatic heterocycles. The van der Waals surface area contributed by atoms with Crippen LogP contribution in [-0.4, -0.2) is 27.4 Å². The highest BCUT2D eigenvalue weighted by atomic mass is 127. The minimum Gasteiger partial charge on any atom is -0.389 e. The SMILES string of the molecule is Cc1nc(I)c(I)n1CC(O)CF. The van der Waals surface area contributed by atoms with E-state index < -0.39 is 12.8 Å². The van der Waals surface area contributed by atoms with E-state index in [1.54, 1.807) is 0 Å². The van der Waals surface area contributed by atoms with Crippen molar-refractivity contribution in [3.8, 4) is 0 Å². The van der Waals surface area contributed by atoms with Crippen molar-refractivity contribution in [3.63, 3.8) is 0 Å². The van der Waals surface area contributed by atoms with Crippen molar-refractivity contribution in [2.45, 2.75) is 19.6 Å². The number of hydrogen-bond acceptors (Lipinski definition) is 2. The molecule has 1 atom stereocenters. The maximum atomic E-state index is 12.1. The number of imidazole rings is 1. The minimum absolute atomic E-state index is 0.274. The van der Waals surface area contributed by atoms with Crippen LogP contribution in [0.4, 0.5) is 4.39 Å². The van der Waals surface area contributed by atoms with Crippen molar-refractivity contribution in [1.29, 1.82) is 0 Å². The molecule has 0 aliphatic rings. The number of aromatic nitrogens is 2. The molecule has 1 rings (SSSR count). The van der Waals surface area contributed by atoms with E-state index in [0.717, 1.165) is 13.2 Å². The van der Waals surface area contributed by atoms with Gasteiger partial charge in [-0.3, -0.25) is 0 Å². The van der Waals surface area contributed by atoms with Crippen LogP contribution in [-0.2, 0) is 6.54 Å². The van der Waals surface area contributed by atoms with Crippen molar-refractivity contribution in [2.75, 3.05) is 6.67 Å². The molecule has 1 unspecified atom stereocenters. The molecule has 6 heteroatoms. The first-order chi connectivity index (χ1) is 6.06. The van der Waals surface area contributed by atoms with Gasteiger partial charge in [0.15, 0.2) is 0 Å². The van der Waals surface area contributed by atoms with Crippen LogP contribution < -0.4 is 0 Å². The molecule has 3 nitrogen and oxygen atoms in total. The summed E-state index contributed by atoms with van der Waals surface area (Å²) >= 11 is 4.25. The van der Waals surface area contributed by atoms with Crippen LogP contribution in [0.5, 0.6) is 0 Å². The molecule has 0 radical (unpaired) electrons. The van der Waals surface area contributed by atoms with Gasteiger partial charge in [0.05, 0.1) is 6.54 Å². The fraction of sp³-hybridized carbons (Fsp3) is 0.571. The van der Waals surface area contributed by atoms with E-state index in [1.807, 2.05) is 11.5 Å². The molecule has 0 bridgehead atoms. The summed E-state index contributed by atoms with van der Waals surface area (Å²) in [6.07, 6.45) is -0.933. The number of aliphatic hydroxyl groups is 1. The molecule has 1 aromatic heterocycles. The number of nitrogens with zero attached hydrogens (tertiary/aromatic N) is 2. The van der Waals surface area contributed by atoms with Crippen LogP contribution in [0.2, 0.25) is 0 Å². The van der Waals surface area contributed by atoms with Crippen LogP contribution >= 0.6 is 45.2 Å². The Morgan fingerprint density at radius 3 is 2.62 bits per heavy atom.